The minimum absolute atomic E-state index is 0.155. The first kappa shape index (κ1) is 18.4. The van der Waals surface area contributed by atoms with Crippen molar-refractivity contribution in [2.45, 2.75) is 31.7 Å². The molecular weight excluding hydrogens is 380 g/mol. The van der Waals surface area contributed by atoms with Crippen molar-refractivity contribution in [3.63, 3.8) is 0 Å². The molecule has 9 heteroatoms. The van der Waals surface area contributed by atoms with Crippen molar-refractivity contribution >= 4 is 46.1 Å². The van der Waals surface area contributed by atoms with Crippen LogP contribution in [0.1, 0.15) is 25.7 Å². The Bertz CT molecular complexity index is 1010. The summed E-state index contributed by atoms with van der Waals surface area (Å²) in [5.41, 5.74) is 2.02. The van der Waals surface area contributed by atoms with E-state index in [0.717, 1.165) is 18.5 Å². The van der Waals surface area contributed by atoms with Crippen molar-refractivity contribution in [2.75, 3.05) is 10.6 Å². The lowest BCUT2D eigenvalue weighted by molar-refractivity contribution is -0.142. The summed E-state index contributed by atoms with van der Waals surface area (Å²) in [6, 6.07) is 7.50. The van der Waals surface area contributed by atoms with Gasteiger partial charge in [0.25, 0.3) is 0 Å². The largest absolute Gasteiger partial charge is 0.481 e. The molecule has 2 heterocycles. The Balaban J connectivity index is 1.54. The molecule has 1 aliphatic carbocycles. The van der Waals surface area contributed by atoms with Gasteiger partial charge in [0, 0.05) is 16.8 Å². The monoisotopic (exact) mass is 398 g/mol. The third-order valence-electron chi connectivity index (χ3n) is 4.87. The van der Waals surface area contributed by atoms with Gasteiger partial charge in [-0.1, -0.05) is 17.7 Å². The second-order valence-corrected chi connectivity index (χ2v) is 7.25. The first-order chi connectivity index (χ1) is 13.6. The van der Waals surface area contributed by atoms with E-state index < -0.39 is 5.97 Å². The van der Waals surface area contributed by atoms with E-state index in [-0.39, 0.29) is 12.0 Å². The lowest BCUT2D eigenvalue weighted by Crippen LogP contribution is -2.29. The second-order valence-electron chi connectivity index (χ2n) is 6.82. The zero-order chi connectivity index (χ0) is 19.5. The van der Waals surface area contributed by atoms with Crippen LogP contribution in [0.3, 0.4) is 0 Å². The van der Waals surface area contributed by atoms with E-state index in [4.69, 9.17) is 16.7 Å². The molecular formula is C19H19ClN6O2. The number of carbonyl (C=O) groups is 1. The Morgan fingerprint density at radius 3 is 2.71 bits per heavy atom. The molecule has 0 bridgehead atoms. The second kappa shape index (κ2) is 7.93. The van der Waals surface area contributed by atoms with Crippen LogP contribution in [-0.2, 0) is 4.79 Å². The lowest BCUT2D eigenvalue weighted by atomic mass is 9.86. The normalized spacial score (nSPS) is 19.3. The number of rotatable bonds is 5. The predicted octanol–water partition coefficient (Wildman–Crippen LogP) is 3.87. The third kappa shape index (κ3) is 4.12. The van der Waals surface area contributed by atoms with Crippen LogP contribution in [0.4, 0.5) is 17.5 Å². The van der Waals surface area contributed by atoms with Gasteiger partial charge < -0.3 is 15.7 Å². The number of halogens is 1. The number of hydrogen-bond donors (Lipinski definition) is 3. The summed E-state index contributed by atoms with van der Waals surface area (Å²) in [6.07, 6.45) is 5.97. The van der Waals surface area contributed by atoms with Crippen molar-refractivity contribution < 1.29 is 9.90 Å². The number of carboxylic acids is 1. The Kier molecular flexibility index (Phi) is 5.21. The van der Waals surface area contributed by atoms with Crippen molar-refractivity contribution in [1.82, 2.24) is 19.9 Å². The van der Waals surface area contributed by atoms with Crippen LogP contribution in [-0.4, -0.2) is 37.1 Å². The lowest BCUT2D eigenvalue weighted by Gasteiger charge is -2.26. The Hall–Kier alpha value is -3.00. The molecule has 1 saturated carbocycles. The molecule has 144 valence electrons. The summed E-state index contributed by atoms with van der Waals surface area (Å²) in [6.45, 7) is 0. The number of aliphatic carboxylic acids is 1. The van der Waals surface area contributed by atoms with E-state index in [1.165, 1.54) is 6.33 Å². The van der Waals surface area contributed by atoms with E-state index in [1.54, 1.807) is 18.3 Å². The van der Waals surface area contributed by atoms with Crippen LogP contribution in [0, 0.1) is 5.92 Å². The molecule has 0 aliphatic heterocycles. The highest BCUT2D eigenvalue weighted by molar-refractivity contribution is 6.30. The maximum Gasteiger partial charge on any atom is 0.306 e. The molecule has 28 heavy (non-hydrogen) atoms. The zero-order valence-corrected chi connectivity index (χ0v) is 15.7. The first-order valence-electron chi connectivity index (χ1n) is 9.08. The van der Waals surface area contributed by atoms with Gasteiger partial charge in [-0.15, -0.1) is 0 Å². The molecule has 0 radical (unpaired) electrons. The molecule has 0 amide bonds. The molecule has 4 rings (SSSR count). The van der Waals surface area contributed by atoms with Crippen LogP contribution < -0.4 is 10.6 Å². The SMILES string of the molecule is O=C(O)C1CCC(Nc2ncc3ncnc(Nc4cccc(Cl)c4)c3n2)CC1. The molecule has 0 spiro atoms. The number of hydrogen-bond acceptors (Lipinski definition) is 7. The summed E-state index contributed by atoms with van der Waals surface area (Å²) >= 11 is 6.05. The van der Waals surface area contributed by atoms with E-state index in [9.17, 15) is 4.79 Å². The summed E-state index contributed by atoms with van der Waals surface area (Å²) in [5, 5.41) is 16.3. The number of aromatic nitrogens is 4. The third-order valence-corrected chi connectivity index (χ3v) is 5.11. The number of anilines is 3. The van der Waals surface area contributed by atoms with Crippen molar-refractivity contribution in [2.24, 2.45) is 5.92 Å². The minimum atomic E-state index is -0.714. The van der Waals surface area contributed by atoms with Gasteiger partial charge in [-0.2, -0.15) is 0 Å². The van der Waals surface area contributed by atoms with Gasteiger partial charge in [-0.05, 0) is 43.9 Å². The number of nitrogens with zero attached hydrogens (tertiary/aromatic N) is 4. The first-order valence-corrected chi connectivity index (χ1v) is 9.46. The van der Waals surface area contributed by atoms with Gasteiger partial charge in [0.05, 0.1) is 12.1 Å². The van der Waals surface area contributed by atoms with Crippen LogP contribution in [0.5, 0.6) is 0 Å². The number of benzene rings is 1. The molecule has 0 unspecified atom stereocenters. The van der Waals surface area contributed by atoms with E-state index in [2.05, 4.69) is 30.6 Å². The van der Waals surface area contributed by atoms with Gasteiger partial charge >= 0.3 is 5.97 Å². The molecule has 1 aromatic carbocycles. The van der Waals surface area contributed by atoms with Crippen LogP contribution in [0.25, 0.3) is 11.0 Å². The molecule has 1 fully saturated rings. The highest BCUT2D eigenvalue weighted by Crippen LogP contribution is 2.27. The van der Waals surface area contributed by atoms with Crippen molar-refractivity contribution in [1.29, 1.82) is 0 Å². The molecule has 0 saturated heterocycles. The van der Waals surface area contributed by atoms with E-state index in [1.807, 2.05) is 12.1 Å². The molecule has 2 aromatic heterocycles. The quantitative estimate of drug-likeness (QED) is 0.593. The van der Waals surface area contributed by atoms with Gasteiger partial charge in [0.2, 0.25) is 5.95 Å². The minimum Gasteiger partial charge on any atom is -0.481 e. The molecule has 3 aromatic rings. The maximum absolute atomic E-state index is 11.1. The van der Waals surface area contributed by atoms with E-state index in [0.29, 0.717) is 40.7 Å². The Morgan fingerprint density at radius 1 is 1.14 bits per heavy atom. The van der Waals surface area contributed by atoms with Gasteiger partial charge in [0.15, 0.2) is 5.82 Å². The average Bonchev–Trinajstić information content (AvgIpc) is 2.69. The molecule has 3 N–H and O–H groups in total. The number of carboxylic acid groups (broad SMARTS) is 1. The fraction of sp³-hybridized carbons (Fsp3) is 0.316. The highest BCUT2D eigenvalue weighted by Gasteiger charge is 2.26. The summed E-state index contributed by atoms with van der Waals surface area (Å²) in [7, 11) is 0. The molecule has 1 aliphatic rings. The fourth-order valence-electron chi connectivity index (χ4n) is 3.39. The number of fused-ring (bicyclic) bond motifs is 1. The average molecular weight is 399 g/mol. The van der Waals surface area contributed by atoms with Gasteiger partial charge in [-0.3, -0.25) is 4.79 Å². The van der Waals surface area contributed by atoms with Crippen molar-refractivity contribution in [3.8, 4) is 0 Å². The van der Waals surface area contributed by atoms with Crippen molar-refractivity contribution in [3.05, 3.63) is 41.8 Å². The Labute approximate surface area is 166 Å². The molecule has 8 nitrogen and oxygen atoms in total. The maximum atomic E-state index is 11.1. The smallest absolute Gasteiger partial charge is 0.306 e. The van der Waals surface area contributed by atoms with Crippen LogP contribution in [0.2, 0.25) is 5.02 Å². The zero-order valence-electron chi connectivity index (χ0n) is 15.0. The standard InChI is InChI=1S/C19H19ClN6O2/c20-12-2-1-3-14(8-12)24-17-16-15(22-10-23-17)9-21-19(26-16)25-13-6-4-11(5-7-13)18(27)28/h1-3,8-11,13H,4-7H2,(H,27,28)(H,21,25,26)(H,22,23,24). The van der Waals surface area contributed by atoms with Gasteiger partial charge in [-0.25, -0.2) is 19.9 Å². The predicted molar refractivity (Wildman–Crippen MR) is 107 cm³/mol. The fourth-order valence-corrected chi connectivity index (χ4v) is 3.58. The van der Waals surface area contributed by atoms with Gasteiger partial charge in [0.1, 0.15) is 17.4 Å². The topological polar surface area (TPSA) is 113 Å². The summed E-state index contributed by atoms with van der Waals surface area (Å²) < 4.78 is 0. The summed E-state index contributed by atoms with van der Waals surface area (Å²) in [4.78, 5) is 28.5. The molecule has 0 atom stereocenters. The highest BCUT2D eigenvalue weighted by atomic mass is 35.5. The summed E-state index contributed by atoms with van der Waals surface area (Å²) in [5.74, 6) is 0.0780. The number of nitrogens with one attached hydrogen (secondary N) is 2. The van der Waals surface area contributed by atoms with Crippen LogP contribution in [0.15, 0.2) is 36.8 Å². The Morgan fingerprint density at radius 2 is 1.96 bits per heavy atom. The van der Waals surface area contributed by atoms with Crippen LogP contribution >= 0.6 is 11.6 Å². The van der Waals surface area contributed by atoms with E-state index >= 15 is 0 Å².